The number of thiocarbonyl (C=S) groups is 1. The van der Waals surface area contributed by atoms with Gasteiger partial charge >= 0.3 is 0 Å². The molecule has 3 N–H and O–H groups in total. The van der Waals surface area contributed by atoms with E-state index in [9.17, 15) is 30.7 Å². The fraction of sp³-hybridized carbons (Fsp3) is 0.273. The van der Waals surface area contributed by atoms with Gasteiger partial charge in [0.05, 0.1) is 0 Å². The summed E-state index contributed by atoms with van der Waals surface area (Å²) < 4.78 is 66.9. The summed E-state index contributed by atoms with van der Waals surface area (Å²) in [4.78, 5) is 11.2. The average molecular weight is 510 g/mol. The second-order valence-corrected chi connectivity index (χ2v) is 11.3. The molecule has 1 aliphatic rings. The minimum absolute atomic E-state index is 0.0579. The summed E-state index contributed by atoms with van der Waals surface area (Å²) in [5.74, 6) is 0.184. The molecule has 0 unspecified atom stereocenters. The lowest BCUT2D eigenvalue weighted by atomic mass is 10.0. The van der Waals surface area contributed by atoms with E-state index in [-0.39, 0.29) is 21.7 Å². The van der Waals surface area contributed by atoms with E-state index in [1.54, 1.807) is 6.07 Å². The summed E-state index contributed by atoms with van der Waals surface area (Å²) in [5, 5.41) is 2.42. The lowest BCUT2D eigenvalue weighted by Gasteiger charge is -2.09. The van der Waals surface area contributed by atoms with Crippen molar-refractivity contribution in [2.24, 2.45) is 5.92 Å². The van der Waals surface area contributed by atoms with Crippen molar-refractivity contribution in [1.29, 1.82) is 0 Å². The molecule has 0 heterocycles. The maximum absolute atomic E-state index is 12.0. The predicted molar refractivity (Wildman–Crippen MR) is 129 cm³/mol. The molecule has 0 aromatic heterocycles. The van der Waals surface area contributed by atoms with Crippen LogP contribution in [0.4, 0.5) is 5.69 Å². The van der Waals surface area contributed by atoms with Crippen LogP contribution in [0.15, 0.2) is 46.2 Å². The Morgan fingerprint density at radius 2 is 1.55 bits per heavy atom. The topological polar surface area (TPSA) is 138 Å². The molecule has 0 radical (unpaired) electrons. The fourth-order valence-electron chi connectivity index (χ4n) is 3.35. The summed E-state index contributed by atoms with van der Waals surface area (Å²) in [7, 11) is -9.22. The average Bonchev–Trinajstić information content (AvgIpc) is 3.49. The first kappa shape index (κ1) is 25.2. The number of anilines is 1. The molecular weight excluding hydrogens is 486 g/mol. The highest BCUT2D eigenvalue weighted by Gasteiger charge is 2.23. The van der Waals surface area contributed by atoms with Gasteiger partial charge in [-0.3, -0.25) is 13.9 Å². The predicted octanol–water partition coefficient (Wildman–Crippen LogP) is 4.02. The van der Waals surface area contributed by atoms with Crippen LogP contribution in [0.1, 0.15) is 42.9 Å². The molecule has 0 saturated heterocycles. The van der Waals surface area contributed by atoms with Gasteiger partial charge in [0.25, 0.3) is 20.2 Å². The Morgan fingerprint density at radius 1 is 1.00 bits per heavy atom. The standard InChI is InChI=1S/C22H23NO7S3/c1-14(24)23-19-9-8-18(22(13-19)33(28,29)30)7-6-17-5-4-16(12-21(17)32(25,26)27)11-20(31)10-15-2-3-15/h4-9,12-13,15H,2-3,10-11H2,1H3,(H,23,24)(H,25,26,27)(H,28,29,30)/b7-6+. The number of hydrogen-bond donors (Lipinski definition) is 3. The van der Waals surface area contributed by atoms with Gasteiger partial charge in [0.2, 0.25) is 5.91 Å². The highest BCUT2D eigenvalue weighted by molar-refractivity contribution is 7.86. The van der Waals surface area contributed by atoms with E-state index >= 15 is 0 Å². The van der Waals surface area contributed by atoms with Crippen LogP contribution in [-0.2, 0) is 31.5 Å². The van der Waals surface area contributed by atoms with Crippen LogP contribution < -0.4 is 5.32 Å². The van der Waals surface area contributed by atoms with Crippen LogP contribution in [-0.4, -0.2) is 36.7 Å². The van der Waals surface area contributed by atoms with Crippen LogP contribution in [0.2, 0.25) is 0 Å². The van der Waals surface area contributed by atoms with E-state index in [0.29, 0.717) is 17.9 Å². The molecule has 8 nitrogen and oxygen atoms in total. The van der Waals surface area contributed by atoms with Crippen LogP contribution in [0.5, 0.6) is 0 Å². The molecule has 1 aliphatic carbocycles. The lowest BCUT2D eigenvalue weighted by molar-refractivity contribution is -0.114. The molecule has 0 bridgehead atoms. The van der Waals surface area contributed by atoms with Gasteiger partial charge in [-0.1, -0.05) is 42.6 Å². The number of carbonyl (C=O) groups is 1. The third-order valence-corrected chi connectivity index (χ3v) is 7.15. The first-order valence-electron chi connectivity index (χ1n) is 10.0. The van der Waals surface area contributed by atoms with E-state index in [2.05, 4.69) is 5.32 Å². The summed E-state index contributed by atoms with van der Waals surface area (Å²) in [6.07, 6.45) is 6.13. The number of benzene rings is 2. The van der Waals surface area contributed by atoms with Crippen molar-refractivity contribution in [2.75, 3.05) is 5.32 Å². The van der Waals surface area contributed by atoms with Gasteiger partial charge in [-0.2, -0.15) is 16.8 Å². The smallest absolute Gasteiger partial charge is 0.295 e. The Morgan fingerprint density at radius 3 is 2.06 bits per heavy atom. The Kier molecular flexibility index (Phi) is 7.49. The van der Waals surface area contributed by atoms with Gasteiger partial charge in [0, 0.05) is 19.0 Å². The maximum atomic E-state index is 12.0. The largest absolute Gasteiger partial charge is 0.326 e. The Labute approximate surface area is 198 Å². The summed E-state index contributed by atoms with van der Waals surface area (Å²) >= 11 is 5.39. The minimum atomic E-state index is -4.64. The highest BCUT2D eigenvalue weighted by Crippen LogP contribution is 2.33. The molecule has 0 atom stereocenters. The number of carbonyl (C=O) groups excluding carboxylic acids is 1. The van der Waals surface area contributed by atoms with E-state index in [1.165, 1.54) is 43.3 Å². The molecule has 1 fully saturated rings. The first-order valence-corrected chi connectivity index (χ1v) is 13.3. The summed E-state index contributed by atoms with van der Waals surface area (Å²) in [6.45, 7) is 1.25. The molecular formula is C22H23NO7S3. The molecule has 3 rings (SSSR count). The number of rotatable bonds is 9. The fourth-order valence-corrected chi connectivity index (χ4v) is 5.20. The normalized spacial score (nSPS) is 14.4. The number of hydrogen-bond acceptors (Lipinski definition) is 6. The molecule has 0 spiro atoms. The highest BCUT2D eigenvalue weighted by atomic mass is 32.2. The Balaban J connectivity index is 1.95. The molecule has 176 valence electrons. The quantitative estimate of drug-likeness (QED) is 0.262. The number of amides is 1. The zero-order chi connectivity index (χ0) is 24.4. The van der Waals surface area contributed by atoms with Crippen molar-refractivity contribution in [3.63, 3.8) is 0 Å². The summed E-state index contributed by atoms with van der Waals surface area (Å²) in [6, 6.07) is 8.40. The molecule has 1 saturated carbocycles. The first-order chi connectivity index (χ1) is 15.3. The molecule has 11 heteroatoms. The Bertz CT molecular complexity index is 1340. The molecule has 33 heavy (non-hydrogen) atoms. The van der Waals surface area contributed by atoms with Gasteiger partial charge in [0.1, 0.15) is 9.79 Å². The minimum Gasteiger partial charge on any atom is -0.326 e. The molecule has 0 aliphatic heterocycles. The lowest BCUT2D eigenvalue weighted by Crippen LogP contribution is -2.08. The zero-order valence-corrected chi connectivity index (χ0v) is 20.1. The van der Waals surface area contributed by atoms with Crippen LogP contribution in [0.25, 0.3) is 12.2 Å². The van der Waals surface area contributed by atoms with Gasteiger partial charge in [-0.05, 0) is 64.9 Å². The van der Waals surface area contributed by atoms with Crippen molar-refractivity contribution >= 4 is 61.1 Å². The van der Waals surface area contributed by atoms with E-state index < -0.39 is 31.0 Å². The van der Waals surface area contributed by atoms with Crippen molar-refractivity contribution < 1.29 is 30.7 Å². The SMILES string of the molecule is CC(=O)Nc1ccc(/C=C/c2ccc(CC(=S)CC3CC3)cc2S(=O)(=O)O)c(S(=O)(=O)O)c1. The second kappa shape index (κ2) is 9.82. The molecule has 2 aromatic carbocycles. The summed E-state index contributed by atoms with van der Waals surface area (Å²) in [5.41, 5.74) is 0.991. The van der Waals surface area contributed by atoms with Crippen molar-refractivity contribution in [1.82, 2.24) is 0 Å². The van der Waals surface area contributed by atoms with Crippen LogP contribution >= 0.6 is 12.2 Å². The van der Waals surface area contributed by atoms with E-state index in [1.807, 2.05) is 0 Å². The molecule has 2 aromatic rings. The van der Waals surface area contributed by atoms with Gasteiger partial charge in [-0.25, -0.2) is 0 Å². The third-order valence-electron chi connectivity index (χ3n) is 5.02. The molecule has 1 amide bonds. The van der Waals surface area contributed by atoms with Crippen LogP contribution in [0, 0.1) is 5.92 Å². The second-order valence-electron chi connectivity index (χ2n) is 7.95. The van der Waals surface area contributed by atoms with Crippen LogP contribution in [0.3, 0.4) is 0 Å². The zero-order valence-electron chi connectivity index (χ0n) is 17.7. The van der Waals surface area contributed by atoms with Gasteiger partial charge < -0.3 is 5.32 Å². The van der Waals surface area contributed by atoms with E-state index in [0.717, 1.165) is 30.2 Å². The van der Waals surface area contributed by atoms with Gasteiger partial charge in [0.15, 0.2) is 0 Å². The monoisotopic (exact) mass is 509 g/mol. The van der Waals surface area contributed by atoms with E-state index in [4.69, 9.17) is 12.2 Å². The maximum Gasteiger partial charge on any atom is 0.295 e. The van der Waals surface area contributed by atoms with Gasteiger partial charge in [-0.15, -0.1) is 0 Å². The van der Waals surface area contributed by atoms with Crippen molar-refractivity contribution in [2.45, 2.75) is 42.4 Å². The van der Waals surface area contributed by atoms with Crippen molar-refractivity contribution in [3.05, 3.63) is 53.1 Å². The number of nitrogens with one attached hydrogen (secondary N) is 1. The van der Waals surface area contributed by atoms with Crippen molar-refractivity contribution in [3.8, 4) is 0 Å². The Hall–Kier alpha value is -2.44. The third kappa shape index (κ3) is 7.27.